The number of fused-ring (bicyclic) bond motifs is 1. The Morgan fingerprint density at radius 2 is 2.13 bits per heavy atom. The number of benzene rings is 1. The maximum Gasteiger partial charge on any atom is 0.106 e. The van der Waals surface area contributed by atoms with Gasteiger partial charge in [-0.15, -0.1) is 0 Å². The molecule has 0 bridgehead atoms. The lowest BCUT2D eigenvalue weighted by atomic mass is 9.95. The Morgan fingerprint density at radius 3 is 2.87 bits per heavy atom. The number of aliphatic hydroxyl groups excluding tert-OH is 2. The van der Waals surface area contributed by atoms with Gasteiger partial charge >= 0.3 is 0 Å². The van der Waals surface area contributed by atoms with Gasteiger partial charge in [0.25, 0.3) is 0 Å². The molecule has 3 heteroatoms. The van der Waals surface area contributed by atoms with E-state index in [4.69, 9.17) is 5.73 Å². The number of rotatable bonds is 3. The van der Waals surface area contributed by atoms with E-state index in [-0.39, 0.29) is 6.54 Å². The maximum atomic E-state index is 9.90. The van der Waals surface area contributed by atoms with Crippen LogP contribution < -0.4 is 5.73 Å². The van der Waals surface area contributed by atoms with Gasteiger partial charge in [0.15, 0.2) is 0 Å². The molecule has 1 aromatic rings. The van der Waals surface area contributed by atoms with Crippen LogP contribution >= 0.6 is 0 Å². The average molecular weight is 205 g/mol. The van der Waals surface area contributed by atoms with Crippen molar-refractivity contribution in [2.24, 2.45) is 5.73 Å². The zero-order valence-corrected chi connectivity index (χ0v) is 8.43. The van der Waals surface area contributed by atoms with Crippen LogP contribution in [0.3, 0.4) is 0 Å². The van der Waals surface area contributed by atoms with Gasteiger partial charge in [0, 0.05) is 6.54 Å². The normalized spacial score (nSPS) is 17.5. The molecule has 0 saturated heterocycles. The summed E-state index contributed by atoms with van der Waals surface area (Å²) in [5.41, 5.74) is 8.33. The molecule has 0 aliphatic heterocycles. The molecular formula is C12H15NO2. The van der Waals surface area contributed by atoms with Crippen molar-refractivity contribution in [2.75, 3.05) is 6.54 Å². The van der Waals surface area contributed by atoms with Gasteiger partial charge < -0.3 is 15.9 Å². The fourth-order valence-electron chi connectivity index (χ4n) is 1.93. The summed E-state index contributed by atoms with van der Waals surface area (Å²) in [6.07, 6.45) is 3.12. The number of nitrogens with two attached hydrogens (primary N) is 1. The summed E-state index contributed by atoms with van der Waals surface area (Å²) in [4.78, 5) is 0. The molecule has 0 saturated carbocycles. The molecule has 0 radical (unpaired) electrons. The molecule has 1 aliphatic carbocycles. The van der Waals surface area contributed by atoms with Gasteiger partial charge in [-0.2, -0.15) is 0 Å². The van der Waals surface area contributed by atoms with Crippen molar-refractivity contribution >= 4 is 6.08 Å². The van der Waals surface area contributed by atoms with E-state index >= 15 is 0 Å². The SMILES string of the molecule is NCC(O)C(O)c1cccc2c1CC=C2. The first kappa shape index (κ1) is 10.4. The molecule has 80 valence electrons. The van der Waals surface area contributed by atoms with Gasteiger partial charge in [-0.05, 0) is 23.1 Å². The van der Waals surface area contributed by atoms with Gasteiger partial charge in [-0.25, -0.2) is 0 Å². The zero-order valence-electron chi connectivity index (χ0n) is 8.43. The van der Waals surface area contributed by atoms with Crippen LogP contribution in [-0.2, 0) is 6.42 Å². The third-order valence-corrected chi connectivity index (χ3v) is 2.79. The van der Waals surface area contributed by atoms with Gasteiger partial charge in [0.2, 0.25) is 0 Å². The Morgan fingerprint density at radius 1 is 1.33 bits per heavy atom. The largest absolute Gasteiger partial charge is 0.389 e. The molecular weight excluding hydrogens is 190 g/mol. The molecule has 0 heterocycles. The van der Waals surface area contributed by atoms with Crippen molar-refractivity contribution in [3.63, 3.8) is 0 Å². The highest BCUT2D eigenvalue weighted by Gasteiger charge is 2.21. The minimum atomic E-state index is -0.892. The van der Waals surface area contributed by atoms with Crippen LogP contribution in [0.25, 0.3) is 6.08 Å². The summed E-state index contributed by atoms with van der Waals surface area (Å²) in [5.74, 6) is 0. The van der Waals surface area contributed by atoms with Crippen LogP contribution in [-0.4, -0.2) is 22.9 Å². The van der Waals surface area contributed by atoms with Crippen LogP contribution in [0.2, 0.25) is 0 Å². The van der Waals surface area contributed by atoms with Gasteiger partial charge in [-0.1, -0.05) is 30.4 Å². The number of hydrogen-bond acceptors (Lipinski definition) is 3. The van der Waals surface area contributed by atoms with Gasteiger partial charge in [0.05, 0.1) is 6.10 Å². The smallest absolute Gasteiger partial charge is 0.106 e. The predicted molar refractivity (Wildman–Crippen MR) is 59.2 cm³/mol. The third-order valence-electron chi connectivity index (χ3n) is 2.79. The van der Waals surface area contributed by atoms with Crippen molar-refractivity contribution in [1.29, 1.82) is 0 Å². The number of aliphatic hydroxyl groups is 2. The fourth-order valence-corrected chi connectivity index (χ4v) is 1.93. The fraction of sp³-hybridized carbons (Fsp3) is 0.333. The molecule has 1 aromatic carbocycles. The highest BCUT2D eigenvalue weighted by atomic mass is 16.3. The Hall–Kier alpha value is -1.16. The van der Waals surface area contributed by atoms with Crippen LogP contribution in [0.5, 0.6) is 0 Å². The van der Waals surface area contributed by atoms with E-state index in [0.717, 1.165) is 23.1 Å². The first-order chi connectivity index (χ1) is 7.24. The summed E-state index contributed by atoms with van der Waals surface area (Å²) >= 11 is 0. The lowest BCUT2D eigenvalue weighted by Crippen LogP contribution is -2.27. The Bertz CT molecular complexity index is 387. The third kappa shape index (κ3) is 1.81. The molecule has 4 N–H and O–H groups in total. The highest BCUT2D eigenvalue weighted by Crippen LogP contribution is 2.28. The first-order valence-electron chi connectivity index (χ1n) is 5.08. The summed E-state index contributed by atoms with van der Waals surface area (Å²) in [5, 5.41) is 19.4. The van der Waals surface area contributed by atoms with Gasteiger partial charge in [0.1, 0.15) is 6.10 Å². The monoisotopic (exact) mass is 205 g/mol. The quantitative estimate of drug-likeness (QED) is 0.677. The van der Waals surface area contributed by atoms with Crippen molar-refractivity contribution in [1.82, 2.24) is 0 Å². The standard InChI is InChI=1S/C12H15NO2/c13-7-11(14)12(15)10-6-2-4-8-3-1-5-9(8)10/h1-4,6,11-12,14-15H,5,7,13H2. The minimum absolute atomic E-state index is 0.0677. The molecule has 15 heavy (non-hydrogen) atoms. The average Bonchev–Trinajstić information content (AvgIpc) is 2.74. The number of hydrogen-bond donors (Lipinski definition) is 3. The zero-order chi connectivity index (χ0) is 10.8. The van der Waals surface area contributed by atoms with E-state index in [1.807, 2.05) is 24.3 Å². The lowest BCUT2D eigenvalue weighted by Gasteiger charge is -2.19. The van der Waals surface area contributed by atoms with E-state index in [2.05, 4.69) is 6.08 Å². The molecule has 0 fully saturated rings. The van der Waals surface area contributed by atoms with E-state index in [1.54, 1.807) is 0 Å². The van der Waals surface area contributed by atoms with E-state index < -0.39 is 12.2 Å². The molecule has 2 atom stereocenters. The van der Waals surface area contributed by atoms with E-state index in [0.29, 0.717) is 0 Å². The lowest BCUT2D eigenvalue weighted by molar-refractivity contribution is 0.0239. The van der Waals surface area contributed by atoms with Crippen LogP contribution in [0.15, 0.2) is 24.3 Å². The van der Waals surface area contributed by atoms with Gasteiger partial charge in [-0.3, -0.25) is 0 Å². The second-order valence-corrected chi connectivity index (χ2v) is 3.77. The predicted octanol–water partition coefficient (Wildman–Crippen LogP) is 0.609. The van der Waals surface area contributed by atoms with Crippen LogP contribution in [0, 0.1) is 0 Å². The number of allylic oxidation sites excluding steroid dienone is 1. The topological polar surface area (TPSA) is 66.5 Å². The molecule has 0 aromatic heterocycles. The van der Waals surface area contributed by atoms with E-state index in [1.165, 1.54) is 0 Å². The molecule has 3 nitrogen and oxygen atoms in total. The summed E-state index contributed by atoms with van der Waals surface area (Å²) in [6.45, 7) is 0.0677. The molecule has 2 rings (SSSR count). The molecule has 0 spiro atoms. The van der Waals surface area contributed by atoms with Crippen molar-refractivity contribution in [3.8, 4) is 0 Å². The van der Waals surface area contributed by atoms with Crippen molar-refractivity contribution in [2.45, 2.75) is 18.6 Å². The minimum Gasteiger partial charge on any atom is -0.389 e. The second kappa shape index (κ2) is 4.14. The Balaban J connectivity index is 2.34. The summed E-state index contributed by atoms with van der Waals surface area (Å²) in [6, 6.07) is 5.73. The van der Waals surface area contributed by atoms with Crippen molar-refractivity contribution in [3.05, 3.63) is 41.0 Å². The second-order valence-electron chi connectivity index (χ2n) is 3.77. The molecule has 2 unspecified atom stereocenters. The first-order valence-corrected chi connectivity index (χ1v) is 5.08. The summed E-state index contributed by atoms with van der Waals surface area (Å²) < 4.78 is 0. The van der Waals surface area contributed by atoms with Crippen LogP contribution in [0.4, 0.5) is 0 Å². The van der Waals surface area contributed by atoms with Crippen molar-refractivity contribution < 1.29 is 10.2 Å². The van der Waals surface area contributed by atoms with Crippen LogP contribution in [0.1, 0.15) is 22.8 Å². The Kier molecular flexibility index (Phi) is 2.86. The summed E-state index contributed by atoms with van der Waals surface area (Å²) in [7, 11) is 0. The molecule has 0 amide bonds. The highest BCUT2D eigenvalue weighted by molar-refractivity contribution is 5.62. The van der Waals surface area contributed by atoms with E-state index in [9.17, 15) is 10.2 Å². The Labute approximate surface area is 88.9 Å². The maximum absolute atomic E-state index is 9.90. The molecule has 1 aliphatic rings.